The van der Waals surface area contributed by atoms with Gasteiger partial charge in [0.25, 0.3) is 0 Å². The molecule has 0 amide bonds. The minimum absolute atomic E-state index is 0.246. The molecule has 21 heavy (non-hydrogen) atoms. The van der Waals surface area contributed by atoms with Gasteiger partial charge in [-0.25, -0.2) is 4.98 Å². The van der Waals surface area contributed by atoms with Crippen molar-refractivity contribution in [2.24, 2.45) is 0 Å². The number of aromatic nitrogens is 1. The van der Waals surface area contributed by atoms with E-state index in [4.69, 9.17) is 4.42 Å². The lowest BCUT2D eigenvalue weighted by molar-refractivity contribution is 0.572. The number of nitrogens with zero attached hydrogens (tertiary/aromatic N) is 1. The van der Waals surface area contributed by atoms with Crippen molar-refractivity contribution in [2.75, 3.05) is 5.32 Å². The van der Waals surface area contributed by atoms with Gasteiger partial charge in [-0.1, -0.05) is 36.4 Å². The summed E-state index contributed by atoms with van der Waals surface area (Å²) in [6, 6.07) is 16.9. The van der Waals surface area contributed by atoms with Crippen molar-refractivity contribution in [3.05, 3.63) is 72.2 Å². The third-order valence-corrected chi connectivity index (χ3v) is 3.62. The van der Waals surface area contributed by atoms with E-state index in [2.05, 4.69) is 60.5 Å². The van der Waals surface area contributed by atoms with Gasteiger partial charge in [-0.15, -0.1) is 0 Å². The Morgan fingerprint density at radius 1 is 1.10 bits per heavy atom. The molecule has 0 fully saturated rings. The summed E-state index contributed by atoms with van der Waals surface area (Å²) < 4.78 is 5.34. The number of aryl methyl sites for hydroxylation is 1. The SMILES string of the molecule is Cc1ccccc1C(C)Nc1cccc(-c2cnco2)c1. The number of oxazole rings is 1. The maximum atomic E-state index is 5.34. The van der Waals surface area contributed by atoms with Gasteiger partial charge in [0, 0.05) is 17.3 Å². The molecule has 0 saturated carbocycles. The Morgan fingerprint density at radius 2 is 1.95 bits per heavy atom. The minimum Gasteiger partial charge on any atom is -0.444 e. The van der Waals surface area contributed by atoms with Crippen LogP contribution >= 0.6 is 0 Å². The van der Waals surface area contributed by atoms with Crippen LogP contribution in [0, 0.1) is 6.92 Å². The summed E-state index contributed by atoms with van der Waals surface area (Å²) in [4.78, 5) is 3.96. The zero-order valence-electron chi connectivity index (χ0n) is 12.2. The average molecular weight is 278 g/mol. The van der Waals surface area contributed by atoms with E-state index in [-0.39, 0.29) is 6.04 Å². The van der Waals surface area contributed by atoms with E-state index in [1.54, 1.807) is 6.20 Å². The molecular weight excluding hydrogens is 260 g/mol. The molecule has 0 bridgehead atoms. The first-order chi connectivity index (χ1) is 10.2. The standard InChI is InChI=1S/C18H18N2O/c1-13-6-3-4-9-17(13)14(2)20-16-8-5-7-15(10-16)18-11-19-12-21-18/h3-12,14,20H,1-2H3. The largest absolute Gasteiger partial charge is 0.444 e. The summed E-state index contributed by atoms with van der Waals surface area (Å²) in [6.07, 6.45) is 3.18. The molecule has 0 aliphatic rings. The number of rotatable bonds is 4. The fourth-order valence-electron chi connectivity index (χ4n) is 2.52. The molecule has 106 valence electrons. The molecule has 1 unspecified atom stereocenters. The van der Waals surface area contributed by atoms with Crippen LogP contribution in [0.3, 0.4) is 0 Å². The average Bonchev–Trinajstić information content (AvgIpc) is 3.02. The Balaban J connectivity index is 1.82. The summed E-state index contributed by atoms with van der Waals surface area (Å²) >= 11 is 0. The van der Waals surface area contributed by atoms with Crippen LogP contribution in [-0.4, -0.2) is 4.98 Å². The highest BCUT2D eigenvalue weighted by molar-refractivity contribution is 5.63. The lowest BCUT2D eigenvalue weighted by Crippen LogP contribution is -2.08. The summed E-state index contributed by atoms with van der Waals surface area (Å²) in [5.74, 6) is 0.780. The van der Waals surface area contributed by atoms with Gasteiger partial charge in [-0.2, -0.15) is 0 Å². The first kappa shape index (κ1) is 13.4. The molecule has 3 heteroatoms. The molecule has 0 radical (unpaired) electrons. The van der Waals surface area contributed by atoms with E-state index < -0.39 is 0 Å². The van der Waals surface area contributed by atoms with E-state index in [0.717, 1.165) is 17.0 Å². The summed E-state index contributed by atoms with van der Waals surface area (Å²) in [7, 11) is 0. The quantitative estimate of drug-likeness (QED) is 0.743. The fraction of sp³-hybridized carbons (Fsp3) is 0.167. The van der Waals surface area contributed by atoms with Crippen molar-refractivity contribution in [3.63, 3.8) is 0 Å². The molecule has 1 atom stereocenters. The molecule has 3 aromatic rings. The maximum absolute atomic E-state index is 5.34. The van der Waals surface area contributed by atoms with E-state index in [1.807, 2.05) is 12.1 Å². The Bertz CT molecular complexity index is 720. The van der Waals surface area contributed by atoms with Crippen LogP contribution in [-0.2, 0) is 0 Å². The summed E-state index contributed by atoms with van der Waals surface area (Å²) in [6.45, 7) is 4.31. The van der Waals surface area contributed by atoms with E-state index in [1.165, 1.54) is 17.5 Å². The van der Waals surface area contributed by atoms with Gasteiger partial charge in [-0.05, 0) is 37.1 Å². The maximum Gasteiger partial charge on any atom is 0.181 e. The zero-order valence-corrected chi connectivity index (χ0v) is 12.2. The van der Waals surface area contributed by atoms with E-state index in [9.17, 15) is 0 Å². The molecule has 1 aromatic heterocycles. The number of benzene rings is 2. The van der Waals surface area contributed by atoms with Crippen molar-refractivity contribution in [1.29, 1.82) is 0 Å². The Morgan fingerprint density at radius 3 is 2.71 bits per heavy atom. The van der Waals surface area contributed by atoms with Gasteiger partial charge < -0.3 is 9.73 Å². The van der Waals surface area contributed by atoms with Crippen LogP contribution in [0.15, 0.2) is 65.5 Å². The first-order valence-electron chi connectivity index (χ1n) is 7.05. The number of nitrogens with one attached hydrogen (secondary N) is 1. The molecular formula is C18H18N2O. The molecule has 2 aromatic carbocycles. The van der Waals surface area contributed by atoms with Crippen LogP contribution < -0.4 is 5.32 Å². The van der Waals surface area contributed by atoms with Crippen LogP contribution in [0.4, 0.5) is 5.69 Å². The van der Waals surface area contributed by atoms with Crippen LogP contribution in [0.25, 0.3) is 11.3 Å². The first-order valence-corrected chi connectivity index (χ1v) is 7.05. The van der Waals surface area contributed by atoms with Crippen molar-refractivity contribution in [3.8, 4) is 11.3 Å². The highest BCUT2D eigenvalue weighted by Crippen LogP contribution is 2.26. The molecule has 1 N–H and O–H groups in total. The van der Waals surface area contributed by atoms with Crippen molar-refractivity contribution >= 4 is 5.69 Å². The molecule has 3 nitrogen and oxygen atoms in total. The van der Waals surface area contributed by atoms with Crippen LogP contribution in [0.1, 0.15) is 24.1 Å². The fourth-order valence-corrected chi connectivity index (χ4v) is 2.52. The molecule has 0 aliphatic carbocycles. The van der Waals surface area contributed by atoms with Crippen LogP contribution in [0.2, 0.25) is 0 Å². The van der Waals surface area contributed by atoms with Gasteiger partial charge in [0.2, 0.25) is 0 Å². The third kappa shape index (κ3) is 2.97. The summed E-state index contributed by atoms with van der Waals surface area (Å²) in [5, 5.41) is 3.54. The molecule has 1 heterocycles. The highest BCUT2D eigenvalue weighted by atomic mass is 16.3. The third-order valence-electron chi connectivity index (χ3n) is 3.62. The highest BCUT2D eigenvalue weighted by Gasteiger charge is 2.08. The van der Waals surface area contributed by atoms with Crippen molar-refractivity contribution < 1.29 is 4.42 Å². The molecule has 3 rings (SSSR count). The Labute approximate surface area is 124 Å². The Kier molecular flexibility index (Phi) is 3.73. The summed E-state index contributed by atoms with van der Waals surface area (Å²) in [5.41, 5.74) is 4.69. The number of anilines is 1. The predicted molar refractivity (Wildman–Crippen MR) is 85.2 cm³/mol. The number of hydrogen-bond acceptors (Lipinski definition) is 3. The van der Waals surface area contributed by atoms with Crippen molar-refractivity contribution in [2.45, 2.75) is 19.9 Å². The zero-order chi connectivity index (χ0) is 14.7. The van der Waals surface area contributed by atoms with Gasteiger partial charge in [0.05, 0.1) is 6.20 Å². The normalized spacial score (nSPS) is 12.1. The second-order valence-electron chi connectivity index (χ2n) is 5.17. The molecule has 0 spiro atoms. The second kappa shape index (κ2) is 5.83. The van der Waals surface area contributed by atoms with Crippen LogP contribution in [0.5, 0.6) is 0 Å². The molecule has 0 saturated heterocycles. The number of hydrogen-bond donors (Lipinski definition) is 1. The lowest BCUT2D eigenvalue weighted by atomic mass is 10.0. The molecule has 0 aliphatic heterocycles. The van der Waals surface area contributed by atoms with Gasteiger partial charge in [0.15, 0.2) is 12.2 Å². The van der Waals surface area contributed by atoms with Gasteiger partial charge in [0.1, 0.15) is 0 Å². The minimum atomic E-state index is 0.246. The predicted octanol–water partition coefficient (Wildman–Crippen LogP) is 4.82. The van der Waals surface area contributed by atoms with Gasteiger partial charge in [-0.3, -0.25) is 0 Å². The Hall–Kier alpha value is -2.55. The van der Waals surface area contributed by atoms with Crippen molar-refractivity contribution in [1.82, 2.24) is 4.98 Å². The van der Waals surface area contributed by atoms with E-state index >= 15 is 0 Å². The topological polar surface area (TPSA) is 38.1 Å². The smallest absolute Gasteiger partial charge is 0.181 e. The monoisotopic (exact) mass is 278 g/mol. The second-order valence-corrected chi connectivity index (χ2v) is 5.17. The van der Waals surface area contributed by atoms with Gasteiger partial charge >= 0.3 is 0 Å². The van der Waals surface area contributed by atoms with E-state index in [0.29, 0.717) is 0 Å². The lowest BCUT2D eigenvalue weighted by Gasteiger charge is -2.18.